The summed E-state index contributed by atoms with van der Waals surface area (Å²) in [4.78, 5) is 10.4. The van der Waals surface area contributed by atoms with Crippen LogP contribution in [0.3, 0.4) is 0 Å². The third-order valence-electron chi connectivity index (χ3n) is 4.23. The largest absolute Gasteiger partial charge is 0.382 e. The predicted molar refractivity (Wildman–Crippen MR) is 96.8 cm³/mol. The van der Waals surface area contributed by atoms with E-state index in [4.69, 9.17) is 5.73 Å². The number of rotatable bonds is 4. The molecule has 1 saturated carbocycles. The van der Waals surface area contributed by atoms with Crippen molar-refractivity contribution >= 4 is 49.9 Å². The van der Waals surface area contributed by atoms with E-state index in [0.717, 1.165) is 20.9 Å². The second-order valence-electron chi connectivity index (χ2n) is 5.91. The lowest BCUT2D eigenvalue weighted by atomic mass is 9.79. The van der Waals surface area contributed by atoms with Crippen LogP contribution in [0.2, 0.25) is 0 Å². The number of nitrogens with one attached hydrogen (secondary N) is 2. The van der Waals surface area contributed by atoms with Crippen LogP contribution in [0.1, 0.15) is 29.3 Å². The molecule has 3 heterocycles. The molecule has 23 heavy (non-hydrogen) atoms. The topological polar surface area (TPSA) is 88.8 Å². The number of hydrogen-bond donors (Lipinski definition) is 3. The van der Waals surface area contributed by atoms with Gasteiger partial charge in [0.1, 0.15) is 10.8 Å². The first kappa shape index (κ1) is 14.8. The number of fused-ring (bicyclic) bond motifs is 1. The van der Waals surface area contributed by atoms with Gasteiger partial charge >= 0.3 is 0 Å². The number of hydrogen-bond acceptors (Lipinski definition) is 8. The number of thiophene rings is 1. The van der Waals surface area contributed by atoms with Gasteiger partial charge < -0.3 is 16.4 Å². The van der Waals surface area contributed by atoms with Gasteiger partial charge in [0.25, 0.3) is 0 Å². The fraction of sp³-hybridized carbons (Fsp3) is 0.400. The molecule has 0 atom stereocenters. The average Bonchev–Trinajstić information content (AvgIpc) is 3.04. The zero-order chi connectivity index (χ0) is 16.0. The minimum absolute atomic E-state index is 0.532. The third kappa shape index (κ3) is 2.77. The molecular formula is C15H18N6S2. The van der Waals surface area contributed by atoms with E-state index in [2.05, 4.69) is 31.0 Å². The highest BCUT2D eigenvalue weighted by Crippen LogP contribution is 2.42. The standard InChI is InChI=1S/C15H18N6S2/c1-7-3-12(23-21-7)19-15-18-10-6-11(8-4-9(5-8)17-2)22-13(10)14(16)20-15/h3,6,8-9,17H,4-5H2,1-2H3,(H3,16,18,19,20). The lowest BCUT2D eigenvalue weighted by Gasteiger charge is -2.34. The van der Waals surface area contributed by atoms with Crippen LogP contribution in [0.15, 0.2) is 12.1 Å². The van der Waals surface area contributed by atoms with Crippen LogP contribution >= 0.6 is 22.9 Å². The van der Waals surface area contributed by atoms with Crippen molar-refractivity contribution in [3.05, 3.63) is 22.7 Å². The quantitative estimate of drug-likeness (QED) is 0.672. The molecule has 8 heteroatoms. The molecule has 0 unspecified atom stereocenters. The van der Waals surface area contributed by atoms with Gasteiger partial charge in [-0.3, -0.25) is 0 Å². The summed E-state index contributed by atoms with van der Waals surface area (Å²) in [5.41, 5.74) is 8.04. The summed E-state index contributed by atoms with van der Waals surface area (Å²) >= 11 is 3.12. The van der Waals surface area contributed by atoms with Gasteiger partial charge in [-0.05, 0) is 56.4 Å². The Morgan fingerprint density at radius 1 is 1.26 bits per heavy atom. The molecule has 0 aliphatic heterocycles. The van der Waals surface area contributed by atoms with Crippen molar-refractivity contribution in [1.82, 2.24) is 19.7 Å². The van der Waals surface area contributed by atoms with Crippen molar-refractivity contribution < 1.29 is 0 Å². The Labute approximate surface area is 142 Å². The third-order valence-corrected chi connectivity index (χ3v) is 6.33. The number of nitrogen functional groups attached to an aromatic ring is 1. The summed E-state index contributed by atoms with van der Waals surface area (Å²) in [5.74, 6) is 1.69. The molecule has 0 saturated heterocycles. The van der Waals surface area contributed by atoms with Crippen LogP contribution in [0.5, 0.6) is 0 Å². The van der Waals surface area contributed by atoms with Gasteiger partial charge in [-0.1, -0.05) is 0 Å². The number of aromatic nitrogens is 3. The number of nitrogens with zero attached hydrogens (tertiary/aromatic N) is 3. The molecule has 120 valence electrons. The van der Waals surface area contributed by atoms with Crippen LogP contribution in [0.4, 0.5) is 16.8 Å². The van der Waals surface area contributed by atoms with E-state index in [0.29, 0.717) is 23.7 Å². The summed E-state index contributed by atoms with van der Waals surface area (Å²) in [6.07, 6.45) is 2.36. The number of nitrogens with two attached hydrogens (primary N) is 1. The van der Waals surface area contributed by atoms with E-state index < -0.39 is 0 Å². The summed E-state index contributed by atoms with van der Waals surface area (Å²) < 4.78 is 5.23. The van der Waals surface area contributed by atoms with E-state index in [9.17, 15) is 0 Å². The van der Waals surface area contributed by atoms with Gasteiger partial charge in [-0.2, -0.15) is 9.36 Å². The molecule has 1 aliphatic carbocycles. The fourth-order valence-electron chi connectivity index (χ4n) is 2.85. The summed E-state index contributed by atoms with van der Waals surface area (Å²) in [5, 5.41) is 7.43. The van der Waals surface area contributed by atoms with Gasteiger partial charge in [-0.25, -0.2) is 4.98 Å². The van der Waals surface area contributed by atoms with Gasteiger partial charge in [0, 0.05) is 10.9 Å². The second-order valence-corrected chi connectivity index (χ2v) is 7.80. The van der Waals surface area contributed by atoms with Crippen LogP contribution in [-0.2, 0) is 0 Å². The van der Waals surface area contributed by atoms with E-state index in [1.54, 1.807) is 11.3 Å². The van der Waals surface area contributed by atoms with Gasteiger partial charge in [0.15, 0.2) is 0 Å². The van der Waals surface area contributed by atoms with E-state index in [-0.39, 0.29) is 0 Å². The lowest BCUT2D eigenvalue weighted by Crippen LogP contribution is -2.37. The lowest BCUT2D eigenvalue weighted by molar-refractivity contribution is 0.311. The maximum absolute atomic E-state index is 6.14. The smallest absolute Gasteiger partial charge is 0.230 e. The van der Waals surface area contributed by atoms with Crippen molar-refractivity contribution in [2.24, 2.45) is 0 Å². The van der Waals surface area contributed by atoms with Crippen molar-refractivity contribution in [2.45, 2.75) is 31.7 Å². The monoisotopic (exact) mass is 346 g/mol. The molecule has 6 nitrogen and oxygen atoms in total. The second kappa shape index (κ2) is 5.70. The molecule has 4 rings (SSSR count). The Balaban J connectivity index is 1.62. The molecule has 0 radical (unpaired) electrons. The maximum atomic E-state index is 6.14. The molecular weight excluding hydrogens is 328 g/mol. The SMILES string of the molecule is CNC1CC(c2cc3nc(Nc4cc(C)ns4)nc(N)c3s2)C1. The van der Waals surface area contributed by atoms with Gasteiger partial charge in [0.2, 0.25) is 5.95 Å². The van der Waals surface area contributed by atoms with Crippen molar-refractivity contribution in [3.8, 4) is 0 Å². The average molecular weight is 346 g/mol. The van der Waals surface area contributed by atoms with E-state index >= 15 is 0 Å². The van der Waals surface area contributed by atoms with Crippen LogP contribution in [-0.4, -0.2) is 27.4 Å². The molecule has 4 N–H and O–H groups in total. The Morgan fingerprint density at radius 3 is 2.78 bits per heavy atom. The Bertz CT molecular complexity index is 849. The zero-order valence-corrected chi connectivity index (χ0v) is 14.6. The van der Waals surface area contributed by atoms with Crippen LogP contribution in [0, 0.1) is 6.92 Å². The van der Waals surface area contributed by atoms with Crippen LogP contribution in [0.25, 0.3) is 10.2 Å². The molecule has 0 aromatic carbocycles. The number of anilines is 3. The maximum Gasteiger partial charge on any atom is 0.230 e. The van der Waals surface area contributed by atoms with E-state index in [1.165, 1.54) is 29.3 Å². The molecule has 0 amide bonds. The highest BCUT2D eigenvalue weighted by molar-refractivity contribution is 7.19. The first-order chi connectivity index (χ1) is 11.1. The van der Waals surface area contributed by atoms with Gasteiger partial charge in [-0.15, -0.1) is 11.3 Å². The van der Waals surface area contributed by atoms with Crippen molar-refractivity contribution in [2.75, 3.05) is 18.1 Å². The van der Waals surface area contributed by atoms with E-state index in [1.807, 2.05) is 20.0 Å². The summed E-state index contributed by atoms with van der Waals surface area (Å²) in [6.45, 7) is 1.96. The molecule has 1 aliphatic rings. The fourth-order valence-corrected chi connectivity index (χ4v) is 4.63. The Hall–Kier alpha value is -1.77. The van der Waals surface area contributed by atoms with Crippen molar-refractivity contribution in [1.29, 1.82) is 0 Å². The summed E-state index contributed by atoms with van der Waals surface area (Å²) in [6, 6.07) is 4.78. The Kier molecular flexibility index (Phi) is 3.67. The normalized spacial score (nSPS) is 20.6. The van der Waals surface area contributed by atoms with Crippen molar-refractivity contribution in [3.63, 3.8) is 0 Å². The minimum atomic E-state index is 0.532. The Morgan fingerprint density at radius 2 is 2.09 bits per heavy atom. The molecule has 3 aromatic rings. The first-order valence-corrected chi connectivity index (χ1v) is 9.16. The highest BCUT2D eigenvalue weighted by Gasteiger charge is 2.30. The van der Waals surface area contributed by atoms with Crippen LogP contribution < -0.4 is 16.4 Å². The minimum Gasteiger partial charge on any atom is -0.382 e. The highest BCUT2D eigenvalue weighted by atomic mass is 32.1. The van der Waals surface area contributed by atoms with Gasteiger partial charge in [0.05, 0.1) is 15.9 Å². The summed E-state index contributed by atoms with van der Waals surface area (Å²) in [7, 11) is 2.02. The molecule has 0 bridgehead atoms. The number of aryl methyl sites for hydroxylation is 1. The first-order valence-electron chi connectivity index (χ1n) is 7.57. The molecule has 1 fully saturated rings. The zero-order valence-electron chi connectivity index (χ0n) is 13.0. The molecule has 3 aromatic heterocycles. The molecule has 0 spiro atoms. The predicted octanol–water partition coefficient (Wildman–Crippen LogP) is 3.25.